The highest BCUT2D eigenvalue weighted by Crippen LogP contribution is 2.36. The van der Waals surface area contributed by atoms with Crippen LogP contribution in [0.15, 0.2) is 36.4 Å². The van der Waals surface area contributed by atoms with Gasteiger partial charge in [0.2, 0.25) is 11.8 Å². The predicted octanol–water partition coefficient (Wildman–Crippen LogP) is 4.49. The summed E-state index contributed by atoms with van der Waals surface area (Å²) < 4.78 is 38.5. The number of carbonyl (C=O) groups excluding carboxylic acids is 2. The largest absolute Gasteiger partial charge is 0.417 e. The van der Waals surface area contributed by atoms with Gasteiger partial charge in [0.05, 0.1) is 23.7 Å². The summed E-state index contributed by atoms with van der Waals surface area (Å²) in [6.45, 7) is 1.12. The van der Waals surface area contributed by atoms with E-state index >= 15 is 0 Å². The maximum atomic E-state index is 12.8. The standard InChI is InChI=1S/C18H16Cl2F3N3O2/c1-10-13(19)3-2-4-15(10)26-17(28)9-25-16(27)8-24-11-5-6-14(20)12(7-11)18(21,22)23/h2-7,24H,8-9H2,1H3,(H,25,27)(H,26,28). The van der Waals surface area contributed by atoms with Crippen LogP contribution in [-0.4, -0.2) is 24.9 Å². The molecule has 0 radical (unpaired) electrons. The molecule has 2 rings (SSSR count). The normalized spacial score (nSPS) is 11.1. The van der Waals surface area contributed by atoms with Gasteiger partial charge in [0.25, 0.3) is 0 Å². The first-order valence-electron chi connectivity index (χ1n) is 8.00. The van der Waals surface area contributed by atoms with Crippen molar-refractivity contribution in [3.05, 3.63) is 57.6 Å². The first-order valence-corrected chi connectivity index (χ1v) is 8.76. The summed E-state index contributed by atoms with van der Waals surface area (Å²) in [5.41, 5.74) is 0.279. The monoisotopic (exact) mass is 433 g/mol. The van der Waals surface area contributed by atoms with Crippen LogP contribution in [0, 0.1) is 6.92 Å². The topological polar surface area (TPSA) is 70.2 Å². The van der Waals surface area contributed by atoms with Crippen molar-refractivity contribution in [1.82, 2.24) is 5.32 Å². The Kier molecular flexibility index (Phi) is 7.15. The zero-order valence-electron chi connectivity index (χ0n) is 14.6. The van der Waals surface area contributed by atoms with Gasteiger partial charge in [-0.15, -0.1) is 0 Å². The Balaban J connectivity index is 1.85. The molecule has 2 aromatic rings. The van der Waals surface area contributed by atoms with Crippen molar-refractivity contribution in [1.29, 1.82) is 0 Å². The summed E-state index contributed by atoms with van der Waals surface area (Å²) in [6.07, 6.45) is -4.60. The predicted molar refractivity (Wildman–Crippen MR) is 103 cm³/mol. The fraction of sp³-hybridized carbons (Fsp3) is 0.222. The number of hydrogen-bond donors (Lipinski definition) is 3. The highest BCUT2D eigenvalue weighted by molar-refractivity contribution is 6.32. The van der Waals surface area contributed by atoms with Gasteiger partial charge in [-0.2, -0.15) is 13.2 Å². The molecule has 0 atom stereocenters. The molecule has 3 N–H and O–H groups in total. The van der Waals surface area contributed by atoms with Crippen LogP contribution in [0.2, 0.25) is 10.0 Å². The number of rotatable bonds is 6. The molecule has 0 heterocycles. The van der Waals surface area contributed by atoms with Gasteiger partial charge < -0.3 is 16.0 Å². The molecule has 0 aliphatic heterocycles. The summed E-state index contributed by atoms with van der Waals surface area (Å²) >= 11 is 11.5. The molecule has 0 spiro atoms. The third-order valence-corrected chi connectivity index (χ3v) is 4.45. The summed E-state index contributed by atoms with van der Waals surface area (Å²) in [4.78, 5) is 23.7. The smallest absolute Gasteiger partial charge is 0.376 e. The molecule has 2 aromatic carbocycles. The molecule has 150 valence electrons. The molecule has 0 aliphatic rings. The van der Waals surface area contributed by atoms with E-state index in [2.05, 4.69) is 16.0 Å². The molecule has 10 heteroatoms. The van der Waals surface area contributed by atoms with Gasteiger partial charge in [-0.1, -0.05) is 29.3 Å². The van der Waals surface area contributed by atoms with E-state index in [0.717, 1.165) is 12.1 Å². The number of nitrogens with one attached hydrogen (secondary N) is 3. The minimum absolute atomic E-state index is 0.0749. The van der Waals surface area contributed by atoms with Crippen molar-refractivity contribution >= 4 is 46.4 Å². The number of benzene rings is 2. The van der Waals surface area contributed by atoms with Crippen LogP contribution in [-0.2, 0) is 15.8 Å². The lowest BCUT2D eigenvalue weighted by Gasteiger charge is -2.13. The van der Waals surface area contributed by atoms with Crippen LogP contribution in [0.25, 0.3) is 0 Å². The third kappa shape index (κ3) is 6.03. The summed E-state index contributed by atoms with van der Waals surface area (Å²) in [5, 5.41) is 7.59. The SMILES string of the molecule is Cc1c(Cl)cccc1NC(=O)CNC(=O)CNc1ccc(Cl)c(C(F)(F)F)c1. The highest BCUT2D eigenvalue weighted by Gasteiger charge is 2.33. The first-order chi connectivity index (χ1) is 13.1. The van der Waals surface area contributed by atoms with E-state index in [1.807, 2.05) is 0 Å². The molecular formula is C18H16Cl2F3N3O2. The van der Waals surface area contributed by atoms with Gasteiger partial charge in [-0.05, 0) is 42.8 Å². The number of carbonyl (C=O) groups is 2. The van der Waals surface area contributed by atoms with E-state index in [1.54, 1.807) is 25.1 Å². The minimum atomic E-state index is -4.60. The third-order valence-electron chi connectivity index (χ3n) is 3.71. The molecule has 0 saturated carbocycles. The molecular weight excluding hydrogens is 418 g/mol. The molecule has 0 fully saturated rings. The van der Waals surface area contributed by atoms with Crippen molar-refractivity contribution in [3.63, 3.8) is 0 Å². The number of anilines is 2. The second-order valence-electron chi connectivity index (χ2n) is 5.78. The number of alkyl halides is 3. The zero-order valence-corrected chi connectivity index (χ0v) is 16.1. The molecule has 28 heavy (non-hydrogen) atoms. The van der Waals surface area contributed by atoms with Crippen LogP contribution >= 0.6 is 23.2 Å². The lowest BCUT2D eigenvalue weighted by Crippen LogP contribution is -2.36. The maximum Gasteiger partial charge on any atom is 0.417 e. The van der Waals surface area contributed by atoms with Crippen molar-refractivity contribution in [2.75, 3.05) is 23.7 Å². The Hall–Kier alpha value is -2.45. The van der Waals surface area contributed by atoms with Crippen LogP contribution in [0.5, 0.6) is 0 Å². The lowest BCUT2D eigenvalue weighted by atomic mass is 10.2. The van der Waals surface area contributed by atoms with Gasteiger partial charge in [-0.25, -0.2) is 0 Å². The van der Waals surface area contributed by atoms with E-state index in [-0.39, 0.29) is 18.8 Å². The average molecular weight is 434 g/mol. The van der Waals surface area contributed by atoms with Crippen LogP contribution in [0.3, 0.4) is 0 Å². The van der Waals surface area contributed by atoms with E-state index < -0.39 is 28.6 Å². The Morgan fingerprint density at radius 1 is 1.00 bits per heavy atom. The van der Waals surface area contributed by atoms with Crippen LogP contribution in [0.4, 0.5) is 24.5 Å². The molecule has 0 unspecified atom stereocenters. The van der Waals surface area contributed by atoms with E-state index in [0.29, 0.717) is 16.3 Å². The molecule has 0 aliphatic carbocycles. The molecule has 0 aromatic heterocycles. The Labute approximate surface area is 169 Å². The van der Waals surface area contributed by atoms with Crippen molar-refractivity contribution in [2.24, 2.45) is 0 Å². The van der Waals surface area contributed by atoms with E-state index in [1.165, 1.54) is 6.07 Å². The zero-order chi connectivity index (χ0) is 20.9. The quantitative estimate of drug-likeness (QED) is 0.628. The number of hydrogen-bond acceptors (Lipinski definition) is 3. The van der Waals surface area contributed by atoms with Gasteiger partial charge in [0.1, 0.15) is 0 Å². The first kappa shape index (κ1) is 21.8. The van der Waals surface area contributed by atoms with E-state index in [9.17, 15) is 22.8 Å². The van der Waals surface area contributed by atoms with Gasteiger partial charge >= 0.3 is 6.18 Å². The second kappa shape index (κ2) is 9.16. The van der Waals surface area contributed by atoms with Gasteiger partial charge in [-0.3, -0.25) is 9.59 Å². The maximum absolute atomic E-state index is 12.8. The second-order valence-corrected chi connectivity index (χ2v) is 6.60. The molecule has 2 amide bonds. The van der Waals surface area contributed by atoms with E-state index in [4.69, 9.17) is 23.2 Å². The summed E-state index contributed by atoms with van der Waals surface area (Å²) in [6, 6.07) is 8.24. The van der Waals surface area contributed by atoms with Gasteiger partial charge in [0.15, 0.2) is 0 Å². The minimum Gasteiger partial charge on any atom is -0.376 e. The van der Waals surface area contributed by atoms with Crippen molar-refractivity contribution in [2.45, 2.75) is 13.1 Å². The van der Waals surface area contributed by atoms with Crippen LogP contribution in [0.1, 0.15) is 11.1 Å². The number of amides is 2. The van der Waals surface area contributed by atoms with Crippen molar-refractivity contribution < 1.29 is 22.8 Å². The van der Waals surface area contributed by atoms with Crippen LogP contribution < -0.4 is 16.0 Å². The van der Waals surface area contributed by atoms with Gasteiger partial charge in [0, 0.05) is 16.4 Å². The average Bonchev–Trinajstić information content (AvgIpc) is 2.62. The highest BCUT2D eigenvalue weighted by atomic mass is 35.5. The fourth-order valence-electron chi connectivity index (χ4n) is 2.21. The summed E-state index contributed by atoms with van der Waals surface area (Å²) in [7, 11) is 0. The Morgan fingerprint density at radius 3 is 2.39 bits per heavy atom. The molecule has 5 nitrogen and oxygen atoms in total. The van der Waals surface area contributed by atoms with Crippen molar-refractivity contribution in [3.8, 4) is 0 Å². The fourth-order valence-corrected chi connectivity index (χ4v) is 2.61. The summed E-state index contributed by atoms with van der Waals surface area (Å²) in [5.74, 6) is -1.04. The number of halogens is 5. The lowest BCUT2D eigenvalue weighted by molar-refractivity contribution is -0.137. The molecule has 0 saturated heterocycles. The molecule has 0 bridgehead atoms. The Bertz CT molecular complexity index is 889. The Morgan fingerprint density at radius 2 is 1.71 bits per heavy atom.